The Labute approximate surface area is 246 Å². The van der Waals surface area contributed by atoms with Gasteiger partial charge in [-0.15, -0.1) is 0 Å². The van der Waals surface area contributed by atoms with Crippen molar-refractivity contribution in [1.29, 1.82) is 0 Å². The number of carbonyl (C=O) groups excluding carboxylic acids is 1. The Bertz CT molecular complexity index is 609. The van der Waals surface area contributed by atoms with E-state index in [0.717, 1.165) is 44.9 Å². The van der Waals surface area contributed by atoms with E-state index in [0.29, 0.717) is 19.3 Å². The summed E-state index contributed by atoms with van der Waals surface area (Å²) >= 11 is 0. The molecule has 4 unspecified atom stereocenters. The maximum Gasteiger partial charge on any atom is 0.249 e. The van der Waals surface area contributed by atoms with Gasteiger partial charge in [-0.25, -0.2) is 0 Å². The minimum Gasteiger partial charge on any atom is -0.394 e. The predicted molar refractivity (Wildman–Crippen MR) is 168 cm³/mol. The molecule has 0 aliphatic heterocycles. The van der Waals surface area contributed by atoms with Crippen molar-refractivity contribution in [3.8, 4) is 0 Å². The van der Waals surface area contributed by atoms with Crippen LogP contribution >= 0.6 is 0 Å². The van der Waals surface area contributed by atoms with Crippen LogP contribution in [0.2, 0.25) is 0 Å². The molecule has 236 valence electrons. The number of nitrogens with one attached hydrogen (secondary N) is 1. The van der Waals surface area contributed by atoms with Crippen molar-refractivity contribution in [3.63, 3.8) is 0 Å². The highest BCUT2D eigenvalue weighted by Gasteiger charge is 2.28. The molecule has 0 aliphatic carbocycles. The van der Waals surface area contributed by atoms with Crippen LogP contribution in [0.1, 0.15) is 155 Å². The van der Waals surface area contributed by atoms with Gasteiger partial charge < -0.3 is 25.7 Å². The van der Waals surface area contributed by atoms with Gasteiger partial charge in [0, 0.05) is 0 Å². The van der Waals surface area contributed by atoms with Crippen LogP contribution < -0.4 is 5.32 Å². The number of hydrogen-bond acceptors (Lipinski definition) is 5. The summed E-state index contributed by atoms with van der Waals surface area (Å²) in [6, 6.07) is -1.00. The summed E-state index contributed by atoms with van der Waals surface area (Å²) in [6.07, 6.45) is 29.1. The predicted octanol–water partition coefficient (Wildman–Crippen LogP) is 7.28. The van der Waals surface area contributed by atoms with Crippen molar-refractivity contribution in [1.82, 2.24) is 5.32 Å². The maximum atomic E-state index is 12.4. The van der Waals surface area contributed by atoms with Gasteiger partial charge in [-0.1, -0.05) is 128 Å². The highest BCUT2D eigenvalue weighted by atomic mass is 16.3. The van der Waals surface area contributed by atoms with E-state index in [1.54, 1.807) is 0 Å². The second-order valence-corrected chi connectivity index (χ2v) is 11.5. The van der Waals surface area contributed by atoms with Crippen molar-refractivity contribution >= 4 is 5.91 Å². The van der Waals surface area contributed by atoms with Crippen LogP contribution in [-0.2, 0) is 4.79 Å². The van der Waals surface area contributed by atoms with E-state index in [9.17, 15) is 25.2 Å². The van der Waals surface area contributed by atoms with Crippen LogP contribution in [0.5, 0.6) is 0 Å². The lowest BCUT2D eigenvalue weighted by Gasteiger charge is -2.27. The average molecular weight is 568 g/mol. The summed E-state index contributed by atoms with van der Waals surface area (Å²) in [6.45, 7) is 3.96. The fourth-order valence-electron chi connectivity index (χ4n) is 4.89. The largest absolute Gasteiger partial charge is 0.394 e. The molecular weight excluding hydrogens is 502 g/mol. The zero-order valence-electron chi connectivity index (χ0n) is 26.1. The normalized spacial score (nSPS) is 15.1. The minimum atomic E-state index is -1.28. The van der Waals surface area contributed by atoms with Crippen LogP contribution in [0.25, 0.3) is 0 Å². The van der Waals surface area contributed by atoms with Crippen LogP contribution in [0, 0.1) is 0 Å². The zero-order chi connectivity index (χ0) is 29.7. The number of rotatable bonds is 29. The van der Waals surface area contributed by atoms with Gasteiger partial charge in [0.15, 0.2) is 0 Å². The summed E-state index contributed by atoms with van der Waals surface area (Å²) in [5.41, 5.74) is 0. The molecule has 5 N–H and O–H groups in total. The van der Waals surface area contributed by atoms with Crippen molar-refractivity contribution < 1.29 is 25.2 Å². The molecule has 6 heteroatoms. The third kappa shape index (κ3) is 23.5. The number of unbranched alkanes of at least 4 members (excludes halogenated alkanes) is 16. The third-order valence-electron chi connectivity index (χ3n) is 7.64. The molecule has 0 aromatic carbocycles. The highest BCUT2D eigenvalue weighted by Crippen LogP contribution is 2.14. The first-order valence-electron chi connectivity index (χ1n) is 16.7. The second-order valence-electron chi connectivity index (χ2n) is 11.5. The molecule has 0 aromatic heterocycles. The number of hydrogen-bond donors (Lipinski definition) is 5. The molecule has 0 fully saturated rings. The average Bonchev–Trinajstić information content (AvgIpc) is 2.96. The number of aliphatic hydroxyl groups is 4. The number of aliphatic hydroxyl groups excluding tert-OH is 4. The molecule has 0 saturated heterocycles. The van der Waals surface area contributed by atoms with Crippen LogP contribution in [0.3, 0.4) is 0 Å². The van der Waals surface area contributed by atoms with E-state index in [4.69, 9.17) is 0 Å². The van der Waals surface area contributed by atoms with E-state index in [1.165, 1.54) is 77.0 Å². The fraction of sp³-hybridized carbons (Fsp3) is 0.853. The molecule has 0 radical (unpaired) electrons. The van der Waals surface area contributed by atoms with Crippen LogP contribution in [0.15, 0.2) is 24.3 Å². The first-order chi connectivity index (χ1) is 19.5. The number of amides is 1. The molecule has 6 nitrogen and oxygen atoms in total. The van der Waals surface area contributed by atoms with E-state index in [1.807, 2.05) is 0 Å². The Morgan fingerprint density at radius 1 is 0.600 bits per heavy atom. The Balaban J connectivity index is 3.94. The van der Waals surface area contributed by atoms with E-state index >= 15 is 0 Å². The lowest BCUT2D eigenvalue weighted by molar-refractivity contribution is -0.132. The molecule has 4 atom stereocenters. The lowest BCUT2D eigenvalue weighted by Crippen LogP contribution is -2.53. The van der Waals surface area contributed by atoms with Crippen molar-refractivity contribution in [3.05, 3.63) is 24.3 Å². The minimum absolute atomic E-state index is 0.362. The topological polar surface area (TPSA) is 110 Å². The van der Waals surface area contributed by atoms with Crippen molar-refractivity contribution in [2.45, 2.75) is 179 Å². The summed E-state index contributed by atoms with van der Waals surface area (Å²) in [4.78, 5) is 12.4. The Morgan fingerprint density at radius 2 is 1.05 bits per heavy atom. The van der Waals surface area contributed by atoms with Crippen LogP contribution in [-0.4, -0.2) is 57.3 Å². The smallest absolute Gasteiger partial charge is 0.249 e. The molecule has 0 aromatic rings. The monoisotopic (exact) mass is 567 g/mol. The molecule has 0 bridgehead atoms. The summed E-state index contributed by atoms with van der Waals surface area (Å²) in [5.74, 6) is -0.601. The second kappa shape index (κ2) is 29.3. The van der Waals surface area contributed by atoms with Gasteiger partial charge in [0.05, 0.1) is 18.8 Å². The molecule has 0 rings (SSSR count). The van der Waals surface area contributed by atoms with Crippen molar-refractivity contribution in [2.75, 3.05) is 6.61 Å². The molecule has 0 heterocycles. The highest BCUT2D eigenvalue weighted by molar-refractivity contribution is 5.80. The zero-order valence-corrected chi connectivity index (χ0v) is 26.1. The Morgan fingerprint density at radius 3 is 1.57 bits per heavy atom. The van der Waals surface area contributed by atoms with Gasteiger partial charge in [-0.05, 0) is 51.4 Å². The first kappa shape index (κ1) is 38.8. The van der Waals surface area contributed by atoms with Gasteiger partial charge in [-0.3, -0.25) is 4.79 Å². The fourth-order valence-corrected chi connectivity index (χ4v) is 4.89. The third-order valence-corrected chi connectivity index (χ3v) is 7.64. The maximum absolute atomic E-state index is 12.4. The summed E-state index contributed by atoms with van der Waals surface area (Å²) in [5, 5.41) is 43.2. The van der Waals surface area contributed by atoms with Gasteiger partial charge >= 0.3 is 0 Å². The quantitative estimate of drug-likeness (QED) is 0.0482. The molecule has 1 amide bonds. The van der Waals surface area contributed by atoms with E-state index < -0.39 is 36.9 Å². The molecule has 0 aliphatic rings. The van der Waals surface area contributed by atoms with Gasteiger partial charge in [0.2, 0.25) is 5.91 Å². The molecule has 0 saturated carbocycles. The molecular formula is C34H65NO5. The molecule has 0 spiro atoms. The van der Waals surface area contributed by atoms with E-state index in [-0.39, 0.29) is 0 Å². The summed E-state index contributed by atoms with van der Waals surface area (Å²) < 4.78 is 0. The Hall–Kier alpha value is -1.21. The Kier molecular flexibility index (Phi) is 28.4. The van der Waals surface area contributed by atoms with Gasteiger partial charge in [0.25, 0.3) is 0 Å². The number of allylic oxidation sites excluding steroid dienone is 4. The SMILES string of the molecule is CCCCC/C=C/CC/C=C/CCCC(O)C(O)C(CO)NC(=O)C(O)CCCCCCCCCCCCCC. The molecule has 40 heavy (non-hydrogen) atoms. The number of carbonyl (C=O) groups is 1. The van der Waals surface area contributed by atoms with Crippen LogP contribution in [0.4, 0.5) is 0 Å². The van der Waals surface area contributed by atoms with Gasteiger partial charge in [0.1, 0.15) is 12.2 Å². The first-order valence-corrected chi connectivity index (χ1v) is 16.7. The summed E-state index contributed by atoms with van der Waals surface area (Å²) in [7, 11) is 0. The standard InChI is InChI=1S/C34H65NO5/c1-3-5-7-9-11-13-15-17-19-21-23-25-27-31(37)33(39)30(29-36)35-34(40)32(38)28-26-24-22-20-18-16-14-12-10-8-6-4-2/h11,13,19,21,30-33,36-39H,3-10,12,14-18,20,22-29H2,1-2H3,(H,35,40)/b13-11+,21-19+. The van der Waals surface area contributed by atoms with Crippen molar-refractivity contribution in [2.24, 2.45) is 0 Å². The van der Waals surface area contributed by atoms with E-state index in [2.05, 4.69) is 43.5 Å². The van der Waals surface area contributed by atoms with Gasteiger partial charge in [-0.2, -0.15) is 0 Å². The lowest BCUT2D eigenvalue weighted by atomic mass is 10.00.